The van der Waals surface area contributed by atoms with Crippen LogP contribution in [-0.2, 0) is 9.59 Å². The van der Waals surface area contributed by atoms with Crippen LogP contribution in [0.1, 0.15) is 45.4 Å². The molecule has 1 unspecified atom stereocenters. The third-order valence-corrected chi connectivity index (χ3v) is 4.02. The first-order valence-electron chi connectivity index (χ1n) is 7.51. The van der Waals surface area contributed by atoms with Gasteiger partial charge in [0.2, 0.25) is 11.8 Å². The molecule has 108 valence electrons. The molecule has 0 aliphatic carbocycles. The summed E-state index contributed by atoms with van der Waals surface area (Å²) in [7, 11) is 0. The Morgan fingerprint density at radius 3 is 2.53 bits per heavy atom. The SMILES string of the molecule is CC(NC(=O)[C@@H]1CCCCN1)C(=O)N1CCCCC1. The van der Waals surface area contributed by atoms with E-state index in [1.165, 1.54) is 6.42 Å². The molecule has 19 heavy (non-hydrogen) atoms. The van der Waals surface area contributed by atoms with Crippen LogP contribution < -0.4 is 10.6 Å². The molecule has 2 rings (SSSR count). The fourth-order valence-electron chi connectivity index (χ4n) is 2.84. The molecule has 0 aromatic heterocycles. The minimum atomic E-state index is -0.408. The van der Waals surface area contributed by atoms with Crippen LogP contribution in [0.5, 0.6) is 0 Å². The van der Waals surface area contributed by atoms with Gasteiger partial charge in [-0.25, -0.2) is 0 Å². The summed E-state index contributed by atoms with van der Waals surface area (Å²) < 4.78 is 0. The van der Waals surface area contributed by atoms with Gasteiger partial charge in [-0.15, -0.1) is 0 Å². The third-order valence-electron chi connectivity index (χ3n) is 4.02. The maximum Gasteiger partial charge on any atom is 0.244 e. The molecule has 2 amide bonds. The van der Waals surface area contributed by atoms with Crippen molar-refractivity contribution in [3.63, 3.8) is 0 Å². The fraction of sp³-hybridized carbons (Fsp3) is 0.857. The number of nitrogens with zero attached hydrogens (tertiary/aromatic N) is 1. The summed E-state index contributed by atoms with van der Waals surface area (Å²) in [5, 5.41) is 6.06. The van der Waals surface area contributed by atoms with Crippen LogP contribution in [0.3, 0.4) is 0 Å². The summed E-state index contributed by atoms with van der Waals surface area (Å²) in [5.74, 6) is 0.0291. The summed E-state index contributed by atoms with van der Waals surface area (Å²) in [6.45, 7) is 4.35. The van der Waals surface area contributed by atoms with E-state index in [9.17, 15) is 9.59 Å². The van der Waals surface area contributed by atoms with Crippen molar-refractivity contribution in [2.45, 2.75) is 57.5 Å². The van der Waals surface area contributed by atoms with E-state index in [0.29, 0.717) is 0 Å². The van der Waals surface area contributed by atoms with E-state index in [2.05, 4.69) is 10.6 Å². The molecular weight excluding hydrogens is 242 g/mol. The van der Waals surface area contributed by atoms with Gasteiger partial charge in [-0.2, -0.15) is 0 Å². The van der Waals surface area contributed by atoms with Crippen molar-refractivity contribution in [3.8, 4) is 0 Å². The molecule has 2 aliphatic rings. The number of likely N-dealkylation sites (tertiary alicyclic amines) is 1. The molecule has 5 heteroatoms. The Hall–Kier alpha value is -1.10. The van der Waals surface area contributed by atoms with Gasteiger partial charge in [0, 0.05) is 13.1 Å². The lowest BCUT2D eigenvalue weighted by Gasteiger charge is -2.30. The molecule has 0 saturated carbocycles. The Kier molecular flexibility index (Phi) is 5.19. The van der Waals surface area contributed by atoms with Gasteiger partial charge in [0.15, 0.2) is 0 Å². The molecule has 2 atom stereocenters. The van der Waals surface area contributed by atoms with Gasteiger partial charge in [-0.3, -0.25) is 9.59 Å². The highest BCUT2D eigenvalue weighted by Gasteiger charge is 2.26. The Morgan fingerprint density at radius 2 is 1.89 bits per heavy atom. The number of amides is 2. The van der Waals surface area contributed by atoms with E-state index < -0.39 is 6.04 Å². The first-order valence-corrected chi connectivity index (χ1v) is 7.51. The molecule has 2 N–H and O–H groups in total. The van der Waals surface area contributed by atoms with Crippen LogP contribution in [0.25, 0.3) is 0 Å². The quantitative estimate of drug-likeness (QED) is 0.789. The lowest BCUT2D eigenvalue weighted by Crippen LogP contribution is -2.54. The van der Waals surface area contributed by atoms with Gasteiger partial charge in [-0.05, 0) is 45.6 Å². The minimum absolute atomic E-state index is 0.0300. The van der Waals surface area contributed by atoms with Crippen LogP contribution in [0, 0.1) is 0 Å². The molecule has 2 fully saturated rings. The molecule has 0 bridgehead atoms. The molecule has 0 spiro atoms. The fourth-order valence-corrected chi connectivity index (χ4v) is 2.84. The van der Waals surface area contributed by atoms with Gasteiger partial charge in [0.05, 0.1) is 6.04 Å². The minimum Gasteiger partial charge on any atom is -0.343 e. The van der Waals surface area contributed by atoms with E-state index in [0.717, 1.165) is 51.7 Å². The summed E-state index contributed by atoms with van der Waals surface area (Å²) in [6, 6.07) is -0.528. The number of nitrogens with one attached hydrogen (secondary N) is 2. The Morgan fingerprint density at radius 1 is 1.16 bits per heavy atom. The van der Waals surface area contributed by atoms with Crippen molar-refractivity contribution >= 4 is 11.8 Å². The number of piperidine rings is 2. The normalized spacial score (nSPS) is 25.7. The average molecular weight is 267 g/mol. The molecule has 0 radical (unpaired) electrons. The maximum absolute atomic E-state index is 12.2. The van der Waals surface area contributed by atoms with E-state index >= 15 is 0 Å². The second-order valence-electron chi connectivity index (χ2n) is 5.62. The van der Waals surface area contributed by atoms with Crippen molar-refractivity contribution in [1.82, 2.24) is 15.5 Å². The summed E-state index contributed by atoms with van der Waals surface area (Å²) >= 11 is 0. The number of hydrogen-bond acceptors (Lipinski definition) is 3. The molecule has 2 heterocycles. The number of carbonyl (C=O) groups excluding carboxylic acids is 2. The van der Waals surface area contributed by atoms with Gasteiger partial charge in [0.25, 0.3) is 0 Å². The zero-order chi connectivity index (χ0) is 13.7. The van der Waals surface area contributed by atoms with Crippen molar-refractivity contribution in [2.75, 3.05) is 19.6 Å². The van der Waals surface area contributed by atoms with Gasteiger partial charge in [-0.1, -0.05) is 6.42 Å². The van der Waals surface area contributed by atoms with E-state index in [4.69, 9.17) is 0 Å². The lowest BCUT2D eigenvalue weighted by atomic mass is 10.0. The first-order chi connectivity index (χ1) is 9.18. The molecular formula is C14H25N3O2. The van der Waals surface area contributed by atoms with Crippen LogP contribution in [0.4, 0.5) is 0 Å². The standard InChI is InChI=1S/C14H25N3O2/c1-11(14(19)17-9-5-2-6-10-17)16-13(18)12-7-3-4-8-15-12/h11-12,15H,2-10H2,1H3,(H,16,18)/t11?,12-/m0/s1. The molecule has 0 aromatic rings. The van der Waals surface area contributed by atoms with Crippen LogP contribution in [0.15, 0.2) is 0 Å². The monoisotopic (exact) mass is 267 g/mol. The predicted octanol–water partition coefficient (Wildman–Crippen LogP) is 0.646. The van der Waals surface area contributed by atoms with Crippen molar-refractivity contribution in [2.24, 2.45) is 0 Å². The predicted molar refractivity (Wildman–Crippen MR) is 73.7 cm³/mol. The zero-order valence-corrected chi connectivity index (χ0v) is 11.8. The lowest BCUT2D eigenvalue weighted by molar-refractivity contribution is -0.137. The summed E-state index contributed by atoms with van der Waals surface area (Å²) in [6.07, 6.45) is 6.45. The van der Waals surface area contributed by atoms with Gasteiger partial charge in [0.1, 0.15) is 6.04 Å². The highest BCUT2D eigenvalue weighted by molar-refractivity contribution is 5.89. The van der Waals surface area contributed by atoms with E-state index in [1.54, 1.807) is 6.92 Å². The third kappa shape index (κ3) is 3.93. The molecule has 2 saturated heterocycles. The molecule has 0 aromatic carbocycles. The van der Waals surface area contributed by atoms with Crippen LogP contribution in [-0.4, -0.2) is 48.4 Å². The highest BCUT2D eigenvalue weighted by atomic mass is 16.2. The maximum atomic E-state index is 12.2. The molecule has 2 aliphatic heterocycles. The first kappa shape index (κ1) is 14.3. The summed E-state index contributed by atoms with van der Waals surface area (Å²) in [4.78, 5) is 26.1. The highest BCUT2D eigenvalue weighted by Crippen LogP contribution is 2.11. The van der Waals surface area contributed by atoms with E-state index in [1.807, 2.05) is 4.90 Å². The van der Waals surface area contributed by atoms with E-state index in [-0.39, 0.29) is 17.9 Å². The average Bonchev–Trinajstić information content (AvgIpc) is 2.48. The Balaban J connectivity index is 1.80. The van der Waals surface area contributed by atoms with Crippen molar-refractivity contribution in [1.29, 1.82) is 0 Å². The van der Waals surface area contributed by atoms with Crippen LogP contribution >= 0.6 is 0 Å². The van der Waals surface area contributed by atoms with Crippen LogP contribution in [0.2, 0.25) is 0 Å². The summed E-state index contributed by atoms with van der Waals surface area (Å²) in [5.41, 5.74) is 0. The van der Waals surface area contributed by atoms with Crippen molar-refractivity contribution < 1.29 is 9.59 Å². The zero-order valence-electron chi connectivity index (χ0n) is 11.8. The second-order valence-corrected chi connectivity index (χ2v) is 5.62. The number of hydrogen-bond donors (Lipinski definition) is 2. The van der Waals surface area contributed by atoms with Crippen molar-refractivity contribution in [3.05, 3.63) is 0 Å². The number of rotatable bonds is 3. The van der Waals surface area contributed by atoms with Gasteiger partial charge >= 0.3 is 0 Å². The molecule has 5 nitrogen and oxygen atoms in total. The topological polar surface area (TPSA) is 61.4 Å². The smallest absolute Gasteiger partial charge is 0.244 e. The second kappa shape index (κ2) is 6.89. The largest absolute Gasteiger partial charge is 0.343 e. The number of carbonyl (C=O) groups is 2. The Bertz CT molecular complexity index is 321. The van der Waals surface area contributed by atoms with Gasteiger partial charge < -0.3 is 15.5 Å². The Labute approximate surface area is 115 Å².